The number of benzene rings is 1. The highest BCUT2D eigenvalue weighted by Crippen LogP contribution is 2.12. The molecule has 0 saturated heterocycles. The number of thioether (sulfide) groups is 1. The number of pyridine rings is 1. The molecule has 128 valence electrons. The van der Waals surface area contributed by atoms with Gasteiger partial charge < -0.3 is 10.6 Å². The van der Waals surface area contributed by atoms with Crippen molar-refractivity contribution in [3.63, 3.8) is 0 Å². The second-order valence-electron chi connectivity index (χ2n) is 5.86. The van der Waals surface area contributed by atoms with Gasteiger partial charge in [0.25, 0.3) is 5.91 Å². The molecule has 0 fully saturated rings. The minimum Gasteiger partial charge on any atom is -0.352 e. The van der Waals surface area contributed by atoms with Crippen molar-refractivity contribution >= 4 is 34.5 Å². The first-order chi connectivity index (χ1) is 11.5. The van der Waals surface area contributed by atoms with E-state index in [4.69, 9.17) is 0 Å². The molecule has 0 radical (unpaired) electrons. The van der Waals surface area contributed by atoms with E-state index < -0.39 is 6.04 Å². The van der Waals surface area contributed by atoms with Crippen LogP contribution in [0.25, 0.3) is 10.9 Å². The summed E-state index contributed by atoms with van der Waals surface area (Å²) < 4.78 is 0. The number of aromatic nitrogens is 1. The van der Waals surface area contributed by atoms with Crippen molar-refractivity contribution in [1.82, 2.24) is 15.6 Å². The van der Waals surface area contributed by atoms with Gasteiger partial charge in [-0.25, -0.2) is 4.98 Å². The Morgan fingerprint density at radius 2 is 1.88 bits per heavy atom. The summed E-state index contributed by atoms with van der Waals surface area (Å²) in [4.78, 5) is 29.2. The first-order valence-electron chi connectivity index (χ1n) is 7.97. The fraction of sp³-hybridized carbons (Fsp3) is 0.389. The second kappa shape index (κ2) is 8.68. The van der Waals surface area contributed by atoms with Crippen molar-refractivity contribution < 1.29 is 9.59 Å². The second-order valence-corrected chi connectivity index (χ2v) is 6.85. The number of carbonyl (C=O) groups excluding carboxylic acids is 2. The Labute approximate surface area is 146 Å². The molecule has 1 aromatic heterocycles. The van der Waals surface area contributed by atoms with Crippen LogP contribution in [0.4, 0.5) is 0 Å². The van der Waals surface area contributed by atoms with E-state index >= 15 is 0 Å². The zero-order valence-corrected chi connectivity index (χ0v) is 15.0. The van der Waals surface area contributed by atoms with Gasteiger partial charge in [-0.1, -0.05) is 24.3 Å². The van der Waals surface area contributed by atoms with Gasteiger partial charge in [-0.2, -0.15) is 11.8 Å². The number of nitrogens with zero attached hydrogens (tertiary/aromatic N) is 1. The molecule has 0 aliphatic carbocycles. The lowest BCUT2D eigenvalue weighted by Gasteiger charge is -2.19. The summed E-state index contributed by atoms with van der Waals surface area (Å²) in [5.41, 5.74) is 1.08. The van der Waals surface area contributed by atoms with Crippen molar-refractivity contribution in [3.8, 4) is 0 Å². The van der Waals surface area contributed by atoms with Crippen molar-refractivity contribution in [2.45, 2.75) is 32.4 Å². The summed E-state index contributed by atoms with van der Waals surface area (Å²) in [5.74, 6) is 0.306. The molecule has 0 bridgehead atoms. The summed E-state index contributed by atoms with van der Waals surface area (Å²) in [7, 11) is 0. The first-order valence-corrected chi connectivity index (χ1v) is 9.36. The van der Waals surface area contributed by atoms with Crippen LogP contribution in [0.15, 0.2) is 36.4 Å². The third kappa shape index (κ3) is 4.96. The number of hydrogen-bond donors (Lipinski definition) is 2. The van der Waals surface area contributed by atoms with Gasteiger partial charge in [0, 0.05) is 11.4 Å². The van der Waals surface area contributed by atoms with Crippen LogP contribution in [0.5, 0.6) is 0 Å². The number of para-hydroxylation sites is 1. The number of amides is 2. The maximum absolute atomic E-state index is 12.5. The van der Waals surface area contributed by atoms with Gasteiger partial charge in [0.05, 0.1) is 5.52 Å². The maximum atomic E-state index is 12.5. The number of nitrogens with one attached hydrogen (secondary N) is 2. The minimum absolute atomic E-state index is 0.0324. The average Bonchev–Trinajstić information content (AvgIpc) is 2.57. The Kier molecular flexibility index (Phi) is 6.61. The fourth-order valence-corrected chi connectivity index (χ4v) is 2.79. The molecule has 2 aromatic rings. The van der Waals surface area contributed by atoms with Crippen molar-refractivity contribution in [3.05, 3.63) is 42.1 Å². The molecule has 0 aliphatic rings. The lowest BCUT2D eigenvalue weighted by Crippen LogP contribution is -2.49. The van der Waals surface area contributed by atoms with Gasteiger partial charge in [0.15, 0.2) is 0 Å². The Morgan fingerprint density at radius 1 is 1.12 bits per heavy atom. The van der Waals surface area contributed by atoms with Gasteiger partial charge >= 0.3 is 0 Å². The Bertz CT molecular complexity index is 718. The van der Waals surface area contributed by atoms with Crippen LogP contribution in [0, 0.1) is 0 Å². The lowest BCUT2D eigenvalue weighted by atomic mass is 10.1. The Morgan fingerprint density at radius 3 is 2.58 bits per heavy atom. The molecule has 1 atom stereocenters. The highest BCUT2D eigenvalue weighted by Gasteiger charge is 2.22. The summed E-state index contributed by atoms with van der Waals surface area (Å²) in [6.07, 6.45) is 2.56. The molecule has 2 N–H and O–H groups in total. The molecule has 1 heterocycles. The van der Waals surface area contributed by atoms with Crippen molar-refractivity contribution in [2.75, 3.05) is 12.0 Å². The van der Waals surface area contributed by atoms with E-state index in [0.29, 0.717) is 12.1 Å². The monoisotopic (exact) mass is 345 g/mol. The molecule has 0 unspecified atom stereocenters. The minimum atomic E-state index is -0.555. The molecule has 24 heavy (non-hydrogen) atoms. The summed E-state index contributed by atoms with van der Waals surface area (Å²) in [6, 6.07) is 10.6. The molecular weight excluding hydrogens is 322 g/mol. The van der Waals surface area contributed by atoms with E-state index in [9.17, 15) is 9.59 Å². The quantitative estimate of drug-likeness (QED) is 0.809. The highest BCUT2D eigenvalue weighted by molar-refractivity contribution is 7.98. The summed E-state index contributed by atoms with van der Waals surface area (Å²) >= 11 is 1.64. The van der Waals surface area contributed by atoms with E-state index in [0.717, 1.165) is 16.7 Å². The molecule has 1 aromatic carbocycles. The number of carbonyl (C=O) groups is 2. The SMILES string of the molecule is CSCC[C@@H](NC(=O)c1ccc2ccccc2n1)C(=O)NC(C)C. The third-order valence-corrected chi connectivity index (χ3v) is 4.14. The molecule has 5 nitrogen and oxygen atoms in total. The zero-order chi connectivity index (χ0) is 17.5. The van der Waals surface area contributed by atoms with Gasteiger partial charge in [0.1, 0.15) is 11.7 Å². The molecule has 0 aliphatic heterocycles. The standard InChI is InChI=1S/C18H23N3O2S/c1-12(2)19-17(22)16(10-11-24-3)21-18(23)15-9-8-13-6-4-5-7-14(13)20-15/h4-9,12,16H,10-11H2,1-3H3,(H,19,22)(H,21,23)/t16-/m1/s1. The Hall–Kier alpha value is -2.08. The summed E-state index contributed by atoms with van der Waals surface area (Å²) in [5, 5.41) is 6.64. The summed E-state index contributed by atoms with van der Waals surface area (Å²) in [6.45, 7) is 3.80. The number of fused-ring (bicyclic) bond motifs is 1. The van der Waals surface area contributed by atoms with Crippen LogP contribution in [0.3, 0.4) is 0 Å². The predicted molar refractivity (Wildman–Crippen MR) is 99.3 cm³/mol. The molecule has 0 spiro atoms. The molecule has 0 saturated carbocycles. The van der Waals surface area contributed by atoms with Gasteiger partial charge in [-0.05, 0) is 44.4 Å². The average molecular weight is 345 g/mol. The van der Waals surface area contributed by atoms with Crippen LogP contribution in [-0.4, -0.2) is 40.9 Å². The van der Waals surface area contributed by atoms with Crippen LogP contribution in [0.1, 0.15) is 30.8 Å². The van der Waals surface area contributed by atoms with Crippen molar-refractivity contribution in [1.29, 1.82) is 0 Å². The number of rotatable bonds is 7. The van der Waals surface area contributed by atoms with E-state index in [1.165, 1.54) is 0 Å². The zero-order valence-electron chi connectivity index (χ0n) is 14.2. The van der Waals surface area contributed by atoms with Crippen LogP contribution >= 0.6 is 11.8 Å². The molecule has 6 heteroatoms. The largest absolute Gasteiger partial charge is 0.352 e. The molecule has 2 amide bonds. The first kappa shape index (κ1) is 18.3. The van der Waals surface area contributed by atoms with Crippen LogP contribution in [0.2, 0.25) is 0 Å². The van der Waals surface area contributed by atoms with Crippen molar-refractivity contribution in [2.24, 2.45) is 0 Å². The normalized spacial score (nSPS) is 12.2. The number of hydrogen-bond acceptors (Lipinski definition) is 4. The fourth-order valence-electron chi connectivity index (χ4n) is 2.31. The third-order valence-electron chi connectivity index (χ3n) is 3.49. The van der Waals surface area contributed by atoms with Crippen LogP contribution < -0.4 is 10.6 Å². The lowest BCUT2D eigenvalue weighted by molar-refractivity contribution is -0.123. The van der Waals surface area contributed by atoms with E-state index in [2.05, 4.69) is 15.6 Å². The smallest absolute Gasteiger partial charge is 0.270 e. The molecule has 2 rings (SSSR count). The van der Waals surface area contributed by atoms with Crippen LogP contribution in [-0.2, 0) is 4.79 Å². The predicted octanol–water partition coefficient (Wildman–Crippen LogP) is 2.61. The van der Waals surface area contributed by atoms with E-state index in [1.54, 1.807) is 17.8 Å². The maximum Gasteiger partial charge on any atom is 0.270 e. The highest BCUT2D eigenvalue weighted by atomic mass is 32.2. The van der Waals surface area contributed by atoms with Gasteiger partial charge in [0.2, 0.25) is 5.91 Å². The van der Waals surface area contributed by atoms with E-state index in [1.807, 2.05) is 50.4 Å². The molecular formula is C18H23N3O2S. The van der Waals surface area contributed by atoms with Gasteiger partial charge in [-0.15, -0.1) is 0 Å². The van der Waals surface area contributed by atoms with Gasteiger partial charge in [-0.3, -0.25) is 9.59 Å². The van der Waals surface area contributed by atoms with E-state index in [-0.39, 0.29) is 17.9 Å². The topological polar surface area (TPSA) is 71.1 Å². The Balaban J connectivity index is 2.13.